The zero-order valence-corrected chi connectivity index (χ0v) is 9.47. The SMILES string of the molecule is COc1cc(C)cc(C)c1C(F)(F)CC#N. The number of benzene rings is 1. The first-order valence-electron chi connectivity index (χ1n) is 4.83. The van der Waals surface area contributed by atoms with E-state index in [9.17, 15) is 8.78 Å². The van der Waals surface area contributed by atoms with Gasteiger partial charge in [-0.2, -0.15) is 5.26 Å². The minimum Gasteiger partial charge on any atom is -0.496 e. The quantitative estimate of drug-likeness (QED) is 0.790. The molecule has 0 aliphatic heterocycles. The maximum absolute atomic E-state index is 13.7. The molecule has 1 aromatic carbocycles. The lowest BCUT2D eigenvalue weighted by molar-refractivity contribution is -0.00191. The summed E-state index contributed by atoms with van der Waals surface area (Å²) in [7, 11) is 1.35. The lowest BCUT2D eigenvalue weighted by Crippen LogP contribution is -2.16. The second kappa shape index (κ2) is 4.48. The average Bonchev–Trinajstić information content (AvgIpc) is 2.15. The Hall–Kier alpha value is -1.63. The van der Waals surface area contributed by atoms with Crippen LogP contribution in [0.25, 0.3) is 0 Å². The molecular weight excluding hydrogens is 212 g/mol. The minimum atomic E-state index is -3.17. The molecule has 0 heterocycles. The Labute approximate surface area is 93.5 Å². The van der Waals surface area contributed by atoms with Crippen LogP contribution in [0.5, 0.6) is 5.75 Å². The van der Waals surface area contributed by atoms with E-state index in [1.807, 2.05) is 6.92 Å². The van der Waals surface area contributed by atoms with Crippen LogP contribution in [-0.2, 0) is 5.92 Å². The summed E-state index contributed by atoms with van der Waals surface area (Å²) >= 11 is 0. The summed E-state index contributed by atoms with van der Waals surface area (Å²) in [6.07, 6.45) is -0.840. The number of halogens is 2. The zero-order chi connectivity index (χ0) is 12.3. The molecule has 0 N–H and O–H groups in total. The molecule has 0 aromatic heterocycles. The van der Waals surface area contributed by atoms with Crippen LogP contribution < -0.4 is 4.74 Å². The third kappa shape index (κ3) is 2.30. The van der Waals surface area contributed by atoms with E-state index in [4.69, 9.17) is 10.00 Å². The Morgan fingerprint density at radius 3 is 2.50 bits per heavy atom. The molecule has 0 amide bonds. The fraction of sp³-hybridized carbons (Fsp3) is 0.417. The molecule has 0 spiro atoms. The van der Waals surface area contributed by atoms with Crippen molar-refractivity contribution in [3.8, 4) is 11.8 Å². The number of aryl methyl sites for hydroxylation is 2. The second-order valence-corrected chi connectivity index (χ2v) is 3.70. The Bertz CT molecular complexity index is 435. The summed E-state index contributed by atoms with van der Waals surface area (Å²) < 4.78 is 32.3. The van der Waals surface area contributed by atoms with Crippen molar-refractivity contribution in [1.29, 1.82) is 5.26 Å². The molecule has 0 bridgehead atoms. The van der Waals surface area contributed by atoms with Crippen LogP contribution >= 0.6 is 0 Å². The number of ether oxygens (including phenoxy) is 1. The van der Waals surface area contributed by atoms with Gasteiger partial charge in [-0.3, -0.25) is 0 Å². The second-order valence-electron chi connectivity index (χ2n) is 3.70. The van der Waals surface area contributed by atoms with Crippen molar-refractivity contribution in [3.63, 3.8) is 0 Å². The number of hydrogen-bond donors (Lipinski definition) is 0. The molecule has 0 saturated carbocycles. The van der Waals surface area contributed by atoms with Crippen LogP contribution in [-0.4, -0.2) is 7.11 Å². The predicted molar refractivity (Wildman–Crippen MR) is 56.6 cm³/mol. The third-order valence-corrected chi connectivity index (χ3v) is 2.33. The average molecular weight is 225 g/mol. The van der Waals surface area contributed by atoms with E-state index in [0.29, 0.717) is 5.56 Å². The fourth-order valence-electron chi connectivity index (χ4n) is 1.75. The molecule has 2 nitrogen and oxygen atoms in total. The molecule has 86 valence electrons. The smallest absolute Gasteiger partial charge is 0.289 e. The largest absolute Gasteiger partial charge is 0.496 e. The first-order chi connectivity index (χ1) is 7.42. The van der Waals surface area contributed by atoms with Gasteiger partial charge in [-0.25, -0.2) is 8.78 Å². The number of hydrogen-bond acceptors (Lipinski definition) is 2. The van der Waals surface area contributed by atoms with Gasteiger partial charge in [-0.1, -0.05) is 6.07 Å². The first kappa shape index (κ1) is 12.4. The van der Waals surface area contributed by atoms with Crippen LogP contribution in [0.1, 0.15) is 23.1 Å². The van der Waals surface area contributed by atoms with Crippen molar-refractivity contribution in [1.82, 2.24) is 0 Å². The van der Waals surface area contributed by atoms with E-state index in [2.05, 4.69) is 0 Å². The summed E-state index contributed by atoms with van der Waals surface area (Å²) in [5.74, 6) is -3.03. The van der Waals surface area contributed by atoms with Gasteiger partial charge in [0.25, 0.3) is 5.92 Å². The third-order valence-electron chi connectivity index (χ3n) is 2.33. The first-order valence-corrected chi connectivity index (χ1v) is 4.83. The monoisotopic (exact) mass is 225 g/mol. The van der Waals surface area contributed by atoms with Crippen molar-refractivity contribution in [2.24, 2.45) is 0 Å². The number of nitrogens with zero attached hydrogens (tertiary/aromatic N) is 1. The van der Waals surface area contributed by atoms with E-state index in [0.717, 1.165) is 5.56 Å². The highest BCUT2D eigenvalue weighted by Gasteiger charge is 2.36. The van der Waals surface area contributed by atoms with Gasteiger partial charge in [-0.05, 0) is 31.0 Å². The van der Waals surface area contributed by atoms with E-state index in [-0.39, 0.29) is 11.3 Å². The van der Waals surface area contributed by atoms with Crippen LogP contribution in [0.3, 0.4) is 0 Å². The van der Waals surface area contributed by atoms with Crippen LogP contribution in [0, 0.1) is 25.2 Å². The Kier molecular flexibility index (Phi) is 3.48. The summed E-state index contributed by atoms with van der Waals surface area (Å²) in [6, 6.07) is 4.70. The van der Waals surface area contributed by atoms with E-state index in [1.165, 1.54) is 13.2 Å². The molecule has 0 unspecified atom stereocenters. The zero-order valence-electron chi connectivity index (χ0n) is 9.47. The normalized spacial score (nSPS) is 11.0. The molecule has 0 atom stereocenters. The Morgan fingerprint density at radius 1 is 1.38 bits per heavy atom. The molecular formula is C12H13F2NO. The number of rotatable bonds is 3. The number of methoxy groups -OCH3 is 1. The minimum absolute atomic E-state index is 0.137. The molecule has 0 radical (unpaired) electrons. The summed E-state index contributed by atoms with van der Waals surface area (Å²) in [5, 5.41) is 8.40. The van der Waals surface area contributed by atoms with Crippen molar-refractivity contribution in [2.45, 2.75) is 26.2 Å². The van der Waals surface area contributed by atoms with Crippen LogP contribution in [0.15, 0.2) is 12.1 Å². The summed E-state index contributed by atoms with van der Waals surface area (Å²) in [4.78, 5) is 0. The lowest BCUT2D eigenvalue weighted by Gasteiger charge is -2.19. The highest BCUT2D eigenvalue weighted by atomic mass is 19.3. The van der Waals surface area contributed by atoms with E-state index in [1.54, 1.807) is 19.1 Å². The van der Waals surface area contributed by atoms with Gasteiger partial charge in [0.2, 0.25) is 0 Å². The van der Waals surface area contributed by atoms with Gasteiger partial charge >= 0.3 is 0 Å². The Balaban J connectivity index is 3.38. The lowest BCUT2D eigenvalue weighted by atomic mass is 9.97. The van der Waals surface area contributed by atoms with Crippen molar-refractivity contribution in [2.75, 3.05) is 7.11 Å². The van der Waals surface area contributed by atoms with E-state index >= 15 is 0 Å². The Morgan fingerprint density at radius 2 is 2.00 bits per heavy atom. The van der Waals surface area contributed by atoms with Crippen molar-refractivity contribution >= 4 is 0 Å². The van der Waals surface area contributed by atoms with Gasteiger partial charge in [-0.15, -0.1) is 0 Å². The number of nitriles is 1. The van der Waals surface area contributed by atoms with Crippen LogP contribution in [0.2, 0.25) is 0 Å². The molecule has 0 aliphatic carbocycles. The highest BCUT2D eigenvalue weighted by Crippen LogP contribution is 2.40. The van der Waals surface area contributed by atoms with Gasteiger partial charge in [0.1, 0.15) is 12.2 Å². The molecule has 16 heavy (non-hydrogen) atoms. The molecule has 0 saturated heterocycles. The van der Waals surface area contributed by atoms with E-state index < -0.39 is 12.3 Å². The maximum atomic E-state index is 13.7. The molecule has 0 aliphatic rings. The van der Waals surface area contributed by atoms with Gasteiger partial charge in [0.05, 0.1) is 18.7 Å². The highest BCUT2D eigenvalue weighted by molar-refractivity contribution is 5.46. The number of alkyl halides is 2. The van der Waals surface area contributed by atoms with Crippen molar-refractivity contribution < 1.29 is 13.5 Å². The summed E-state index contributed by atoms with van der Waals surface area (Å²) in [5.41, 5.74) is 1.10. The molecule has 1 aromatic rings. The standard InChI is InChI=1S/C12H13F2NO/c1-8-6-9(2)11(10(7-8)16-3)12(13,14)4-5-15/h6-7H,4H2,1-3H3. The predicted octanol–water partition coefficient (Wildman–Crippen LogP) is 3.32. The molecule has 0 fully saturated rings. The maximum Gasteiger partial charge on any atom is 0.289 e. The van der Waals surface area contributed by atoms with Crippen LogP contribution in [0.4, 0.5) is 8.78 Å². The molecule has 4 heteroatoms. The van der Waals surface area contributed by atoms with Gasteiger partial charge in [0, 0.05) is 0 Å². The van der Waals surface area contributed by atoms with Gasteiger partial charge in [0.15, 0.2) is 0 Å². The van der Waals surface area contributed by atoms with Gasteiger partial charge < -0.3 is 4.74 Å². The topological polar surface area (TPSA) is 33.0 Å². The summed E-state index contributed by atoms with van der Waals surface area (Å²) in [6.45, 7) is 3.40. The molecule has 1 rings (SSSR count). The van der Waals surface area contributed by atoms with Crippen molar-refractivity contribution in [3.05, 3.63) is 28.8 Å². The fourth-order valence-corrected chi connectivity index (χ4v) is 1.75.